The van der Waals surface area contributed by atoms with Crippen LogP contribution in [0.1, 0.15) is 26.7 Å². The fraction of sp³-hybridized carbons (Fsp3) is 0.583. The Morgan fingerprint density at radius 2 is 2.17 bits per heavy atom. The number of aliphatic hydroxyl groups excluding tert-OH is 1. The molecule has 0 spiro atoms. The molecule has 0 saturated carbocycles. The van der Waals surface area contributed by atoms with E-state index in [2.05, 4.69) is 10.3 Å². The van der Waals surface area contributed by atoms with Crippen molar-refractivity contribution < 1.29 is 10.0 Å². The molecule has 0 saturated heterocycles. The molecule has 0 aromatic carbocycles. The van der Waals surface area contributed by atoms with Crippen molar-refractivity contribution in [2.45, 2.75) is 32.8 Å². The van der Waals surface area contributed by atoms with Gasteiger partial charge in [-0.1, -0.05) is 26.7 Å². The molecule has 1 aromatic heterocycles. The van der Waals surface area contributed by atoms with Gasteiger partial charge in [0.15, 0.2) is 0 Å². The van der Waals surface area contributed by atoms with E-state index in [0.717, 1.165) is 12.8 Å². The van der Waals surface area contributed by atoms with Gasteiger partial charge in [0, 0.05) is 6.54 Å². The first kappa shape index (κ1) is 14.4. The summed E-state index contributed by atoms with van der Waals surface area (Å²) in [6.07, 6.45) is 2.63. The van der Waals surface area contributed by atoms with E-state index < -0.39 is 11.0 Å². The van der Waals surface area contributed by atoms with Crippen LogP contribution in [0.5, 0.6) is 0 Å². The van der Waals surface area contributed by atoms with Crippen LogP contribution < -0.4 is 5.32 Å². The molecule has 1 heterocycles. The van der Waals surface area contributed by atoms with Gasteiger partial charge in [0.2, 0.25) is 0 Å². The van der Waals surface area contributed by atoms with Crippen LogP contribution in [0.2, 0.25) is 0 Å². The first-order chi connectivity index (χ1) is 8.60. The first-order valence-electron chi connectivity index (χ1n) is 6.11. The van der Waals surface area contributed by atoms with Crippen molar-refractivity contribution in [1.82, 2.24) is 4.98 Å². The van der Waals surface area contributed by atoms with Gasteiger partial charge in [0.05, 0.1) is 6.10 Å². The summed E-state index contributed by atoms with van der Waals surface area (Å²) in [7, 11) is 0. The highest BCUT2D eigenvalue weighted by Gasteiger charge is 2.18. The SMILES string of the molecule is CCC(CC)C(O)CNc1cccnc1[N+](=O)[O-]. The van der Waals surface area contributed by atoms with E-state index in [9.17, 15) is 15.2 Å². The van der Waals surface area contributed by atoms with E-state index in [4.69, 9.17) is 0 Å². The molecule has 1 unspecified atom stereocenters. The number of pyridine rings is 1. The van der Waals surface area contributed by atoms with Gasteiger partial charge in [-0.05, 0) is 28.0 Å². The molecular weight excluding hydrogens is 234 g/mol. The summed E-state index contributed by atoms with van der Waals surface area (Å²) < 4.78 is 0. The standard InChI is InChI=1S/C12H19N3O3/c1-3-9(4-2)11(16)8-14-10-6-5-7-13-12(10)15(17)18/h5-7,9,11,14,16H,3-4,8H2,1-2H3. The van der Waals surface area contributed by atoms with Crippen molar-refractivity contribution in [2.24, 2.45) is 5.92 Å². The summed E-state index contributed by atoms with van der Waals surface area (Å²) in [6.45, 7) is 4.33. The van der Waals surface area contributed by atoms with Gasteiger partial charge in [-0.2, -0.15) is 0 Å². The smallest absolute Gasteiger partial charge is 0.386 e. The third kappa shape index (κ3) is 3.66. The number of aromatic nitrogens is 1. The van der Waals surface area contributed by atoms with Crippen molar-refractivity contribution in [3.63, 3.8) is 0 Å². The number of nitrogens with one attached hydrogen (secondary N) is 1. The molecule has 1 rings (SSSR count). The van der Waals surface area contributed by atoms with E-state index in [1.54, 1.807) is 12.1 Å². The van der Waals surface area contributed by atoms with Crippen molar-refractivity contribution in [3.8, 4) is 0 Å². The monoisotopic (exact) mass is 253 g/mol. The average Bonchev–Trinajstić information content (AvgIpc) is 2.38. The van der Waals surface area contributed by atoms with Gasteiger partial charge in [-0.15, -0.1) is 0 Å². The molecule has 1 atom stereocenters. The number of nitrogens with zero attached hydrogens (tertiary/aromatic N) is 2. The lowest BCUT2D eigenvalue weighted by molar-refractivity contribution is -0.388. The van der Waals surface area contributed by atoms with Crippen LogP contribution in [-0.4, -0.2) is 27.7 Å². The van der Waals surface area contributed by atoms with Crippen LogP contribution in [0.15, 0.2) is 18.3 Å². The maximum Gasteiger partial charge on any atom is 0.386 e. The Bertz CT molecular complexity index is 394. The molecule has 100 valence electrons. The van der Waals surface area contributed by atoms with E-state index >= 15 is 0 Å². The van der Waals surface area contributed by atoms with Crippen LogP contribution in [0.4, 0.5) is 11.5 Å². The minimum atomic E-state index is -0.536. The molecule has 0 aliphatic heterocycles. The Labute approximate surface area is 106 Å². The molecule has 1 aromatic rings. The third-order valence-electron chi connectivity index (χ3n) is 3.05. The Morgan fingerprint density at radius 1 is 1.50 bits per heavy atom. The summed E-state index contributed by atoms with van der Waals surface area (Å²) >= 11 is 0. The molecule has 6 nitrogen and oxygen atoms in total. The Morgan fingerprint density at radius 3 is 2.72 bits per heavy atom. The maximum absolute atomic E-state index is 10.8. The summed E-state index contributed by atoms with van der Waals surface area (Å²) in [5, 5.41) is 23.6. The van der Waals surface area contributed by atoms with E-state index in [1.807, 2.05) is 13.8 Å². The fourth-order valence-corrected chi connectivity index (χ4v) is 1.89. The summed E-state index contributed by atoms with van der Waals surface area (Å²) in [4.78, 5) is 13.9. The van der Waals surface area contributed by atoms with Crippen molar-refractivity contribution >= 4 is 11.5 Å². The lowest BCUT2D eigenvalue weighted by atomic mass is 9.96. The van der Waals surface area contributed by atoms with Crippen molar-refractivity contribution in [2.75, 3.05) is 11.9 Å². The van der Waals surface area contributed by atoms with E-state index in [-0.39, 0.29) is 11.7 Å². The minimum absolute atomic E-state index is 0.202. The topological polar surface area (TPSA) is 88.3 Å². The zero-order chi connectivity index (χ0) is 13.5. The first-order valence-corrected chi connectivity index (χ1v) is 6.11. The fourth-order valence-electron chi connectivity index (χ4n) is 1.89. The zero-order valence-corrected chi connectivity index (χ0v) is 10.7. The molecular formula is C12H19N3O3. The van der Waals surface area contributed by atoms with Gasteiger partial charge < -0.3 is 20.5 Å². The molecule has 0 bridgehead atoms. The lowest BCUT2D eigenvalue weighted by Gasteiger charge is -2.20. The summed E-state index contributed by atoms with van der Waals surface area (Å²) in [5.41, 5.74) is 0.340. The molecule has 0 fully saturated rings. The molecule has 18 heavy (non-hydrogen) atoms. The molecule has 6 heteroatoms. The minimum Gasteiger partial charge on any atom is -0.391 e. The van der Waals surface area contributed by atoms with Gasteiger partial charge >= 0.3 is 5.82 Å². The summed E-state index contributed by atoms with van der Waals surface area (Å²) in [5.74, 6) is -0.0116. The highest BCUT2D eigenvalue weighted by Crippen LogP contribution is 2.21. The van der Waals surface area contributed by atoms with Gasteiger partial charge in [-0.3, -0.25) is 0 Å². The zero-order valence-electron chi connectivity index (χ0n) is 10.7. The highest BCUT2D eigenvalue weighted by atomic mass is 16.6. The second-order valence-corrected chi connectivity index (χ2v) is 4.16. The maximum atomic E-state index is 10.8. The van der Waals surface area contributed by atoms with Gasteiger partial charge in [0.25, 0.3) is 0 Å². The van der Waals surface area contributed by atoms with Crippen LogP contribution in [-0.2, 0) is 0 Å². The van der Waals surface area contributed by atoms with Crippen LogP contribution in [0.25, 0.3) is 0 Å². The number of hydrogen-bond donors (Lipinski definition) is 2. The predicted molar refractivity (Wildman–Crippen MR) is 69.5 cm³/mol. The third-order valence-corrected chi connectivity index (χ3v) is 3.05. The number of hydrogen-bond acceptors (Lipinski definition) is 5. The van der Waals surface area contributed by atoms with E-state index in [0.29, 0.717) is 12.2 Å². The molecule has 0 amide bonds. The quantitative estimate of drug-likeness (QED) is 0.574. The Balaban J connectivity index is 2.66. The average molecular weight is 253 g/mol. The molecule has 2 N–H and O–H groups in total. The number of anilines is 1. The second kappa shape index (κ2) is 6.90. The van der Waals surface area contributed by atoms with Crippen molar-refractivity contribution in [3.05, 3.63) is 28.4 Å². The number of aliphatic hydroxyl groups is 1. The van der Waals surface area contributed by atoms with Gasteiger partial charge in [-0.25, -0.2) is 0 Å². The van der Waals surface area contributed by atoms with Crippen molar-refractivity contribution in [1.29, 1.82) is 0 Å². The predicted octanol–water partition coefficient (Wildman–Crippen LogP) is 2.20. The number of nitro groups is 1. The molecule has 0 aliphatic carbocycles. The van der Waals surface area contributed by atoms with E-state index in [1.165, 1.54) is 6.20 Å². The Kier molecular flexibility index (Phi) is 5.51. The summed E-state index contributed by atoms with van der Waals surface area (Å²) in [6, 6.07) is 3.21. The van der Waals surface area contributed by atoms with Gasteiger partial charge in [0.1, 0.15) is 11.9 Å². The van der Waals surface area contributed by atoms with Crippen LogP contribution in [0, 0.1) is 16.0 Å². The van der Waals surface area contributed by atoms with Crippen LogP contribution >= 0.6 is 0 Å². The highest BCUT2D eigenvalue weighted by molar-refractivity contribution is 5.56. The number of rotatable bonds is 7. The normalized spacial score (nSPS) is 12.4. The molecule has 0 aliphatic rings. The lowest BCUT2D eigenvalue weighted by Crippen LogP contribution is -2.27. The van der Waals surface area contributed by atoms with Crippen LogP contribution in [0.3, 0.4) is 0 Å². The Hall–Kier alpha value is -1.69. The second-order valence-electron chi connectivity index (χ2n) is 4.16. The largest absolute Gasteiger partial charge is 0.391 e. The molecule has 0 radical (unpaired) electrons.